The topological polar surface area (TPSA) is 120 Å². The molecule has 10 nitrogen and oxygen atoms in total. The average molecular weight is 581 g/mol. The predicted molar refractivity (Wildman–Crippen MR) is 162 cm³/mol. The Kier molecular flexibility index (Phi) is 11.1. The third kappa shape index (κ3) is 8.61. The molecule has 2 amide bonds. The van der Waals surface area contributed by atoms with Gasteiger partial charge in [0.15, 0.2) is 6.61 Å². The van der Waals surface area contributed by atoms with Crippen LogP contribution in [0.5, 0.6) is 11.5 Å². The molecule has 2 aromatic carbocycles. The van der Waals surface area contributed by atoms with Gasteiger partial charge in [-0.2, -0.15) is 0 Å². The number of rotatable bonds is 14. The highest BCUT2D eigenvalue weighted by atomic mass is 16.5. The van der Waals surface area contributed by atoms with Crippen LogP contribution in [0, 0.1) is 5.92 Å². The van der Waals surface area contributed by atoms with Gasteiger partial charge in [-0.3, -0.25) is 14.5 Å². The quantitative estimate of drug-likeness (QED) is 0.289. The molecule has 4 rings (SSSR count). The SMILES string of the molecule is CCc1ccc(N2CCN(CCCCOc3ccc4c(c3)NC(=O)CC4)CC2)c(OCC(=O)NC(C(=O)O)C(C)C)c1. The molecular formula is C32H44N4O6. The van der Waals surface area contributed by atoms with E-state index in [2.05, 4.69) is 39.5 Å². The Bertz CT molecular complexity index is 1240. The fraction of sp³-hybridized carbons (Fsp3) is 0.531. The van der Waals surface area contributed by atoms with Crippen molar-refractivity contribution in [2.45, 2.75) is 58.9 Å². The largest absolute Gasteiger partial charge is 0.494 e. The lowest BCUT2D eigenvalue weighted by atomic mass is 10.0. The molecule has 42 heavy (non-hydrogen) atoms. The fourth-order valence-electron chi connectivity index (χ4n) is 5.31. The summed E-state index contributed by atoms with van der Waals surface area (Å²) >= 11 is 0. The lowest BCUT2D eigenvalue weighted by molar-refractivity contribution is -0.143. The Balaban J connectivity index is 1.21. The zero-order chi connectivity index (χ0) is 30.1. The molecule has 0 saturated carbocycles. The van der Waals surface area contributed by atoms with Crippen LogP contribution in [0.4, 0.5) is 11.4 Å². The van der Waals surface area contributed by atoms with Crippen molar-refractivity contribution in [2.24, 2.45) is 5.92 Å². The number of nitrogens with one attached hydrogen (secondary N) is 2. The highest BCUT2D eigenvalue weighted by Crippen LogP contribution is 2.31. The van der Waals surface area contributed by atoms with Crippen molar-refractivity contribution in [2.75, 3.05) is 56.2 Å². The maximum atomic E-state index is 12.5. The van der Waals surface area contributed by atoms with E-state index in [1.54, 1.807) is 13.8 Å². The van der Waals surface area contributed by atoms with Gasteiger partial charge in [0.2, 0.25) is 5.91 Å². The highest BCUT2D eigenvalue weighted by Gasteiger charge is 2.25. The number of aliphatic carboxylic acids is 1. The van der Waals surface area contributed by atoms with Crippen molar-refractivity contribution in [3.05, 3.63) is 47.5 Å². The molecular weight excluding hydrogens is 536 g/mol. The summed E-state index contributed by atoms with van der Waals surface area (Å²) in [5.41, 5.74) is 4.08. The van der Waals surface area contributed by atoms with Crippen LogP contribution in [0.25, 0.3) is 0 Å². The van der Waals surface area contributed by atoms with E-state index in [0.717, 1.165) is 86.7 Å². The zero-order valence-electron chi connectivity index (χ0n) is 25.0. The Morgan fingerprint density at radius 1 is 1.02 bits per heavy atom. The maximum Gasteiger partial charge on any atom is 0.326 e. The number of piperazine rings is 1. The van der Waals surface area contributed by atoms with Crippen LogP contribution in [-0.2, 0) is 27.2 Å². The Hall–Kier alpha value is -3.79. The van der Waals surface area contributed by atoms with Gasteiger partial charge in [0.25, 0.3) is 5.91 Å². The second-order valence-corrected chi connectivity index (χ2v) is 11.3. The molecule has 3 N–H and O–H groups in total. The predicted octanol–water partition coefficient (Wildman–Crippen LogP) is 3.72. The molecule has 228 valence electrons. The van der Waals surface area contributed by atoms with Crippen LogP contribution in [0.2, 0.25) is 0 Å². The van der Waals surface area contributed by atoms with Gasteiger partial charge < -0.3 is 30.1 Å². The number of benzene rings is 2. The van der Waals surface area contributed by atoms with E-state index in [0.29, 0.717) is 18.8 Å². The zero-order valence-corrected chi connectivity index (χ0v) is 25.0. The van der Waals surface area contributed by atoms with Crippen molar-refractivity contribution in [3.63, 3.8) is 0 Å². The number of carbonyl (C=O) groups is 3. The first-order chi connectivity index (χ1) is 20.2. The normalized spacial score (nSPS) is 16.0. The number of hydrogen-bond acceptors (Lipinski definition) is 7. The third-order valence-electron chi connectivity index (χ3n) is 7.87. The van der Waals surface area contributed by atoms with E-state index in [9.17, 15) is 19.5 Å². The monoisotopic (exact) mass is 580 g/mol. The molecule has 0 bridgehead atoms. The minimum absolute atomic E-state index is 0.0571. The molecule has 0 spiro atoms. The smallest absolute Gasteiger partial charge is 0.326 e. The van der Waals surface area contributed by atoms with Gasteiger partial charge >= 0.3 is 5.97 Å². The van der Waals surface area contributed by atoms with Gasteiger partial charge in [-0.25, -0.2) is 4.79 Å². The summed E-state index contributed by atoms with van der Waals surface area (Å²) in [6, 6.07) is 11.1. The summed E-state index contributed by atoms with van der Waals surface area (Å²) in [5, 5.41) is 14.9. The number of unbranched alkanes of at least 4 members (excludes halogenated alkanes) is 1. The van der Waals surface area contributed by atoms with Crippen LogP contribution in [0.15, 0.2) is 36.4 Å². The molecule has 1 atom stereocenters. The number of carboxylic acid groups (broad SMARTS) is 1. The van der Waals surface area contributed by atoms with Gasteiger partial charge in [-0.1, -0.05) is 32.9 Å². The first-order valence-corrected chi connectivity index (χ1v) is 15.0. The van der Waals surface area contributed by atoms with Crippen molar-refractivity contribution >= 4 is 29.2 Å². The van der Waals surface area contributed by atoms with E-state index in [1.807, 2.05) is 24.3 Å². The Morgan fingerprint density at radius 2 is 1.81 bits per heavy atom. The van der Waals surface area contributed by atoms with E-state index in [1.165, 1.54) is 0 Å². The minimum Gasteiger partial charge on any atom is -0.494 e. The number of hydrogen-bond donors (Lipinski definition) is 3. The van der Waals surface area contributed by atoms with Crippen molar-refractivity contribution in [1.29, 1.82) is 0 Å². The van der Waals surface area contributed by atoms with Crippen LogP contribution in [0.1, 0.15) is 51.2 Å². The van der Waals surface area contributed by atoms with Crippen LogP contribution in [-0.4, -0.2) is 79.8 Å². The average Bonchev–Trinajstić information content (AvgIpc) is 2.98. The summed E-state index contributed by atoms with van der Waals surface area (Å²) in [6.07, 6.45) is 4.14. The maximum absolute atomic E-state index is 12.5. The molecule has 2 aromatic rings. The molecule has 0 aliphatic carbocycles. The number of anilines is 2. The van der Waals surface area contributed by atoms with Gasteiger partial charge in [-0.05, 0) is 67.5 Å². The first kappa shape index (κ1) is 31.2. The summed E-state index contributed by atoms with van der Waals surface area (Å²) in [4.78, 5) is 40.3. The Morgan fingerprint density at radius 3 is 2.52 bits per heavy atom. The molecule has 2 heterocycles. The molecule has 1 fully saturated rings. The molecule has 2 aliphatic rings. The standard InChI is InChI=1S/C32H44N4O6/c1-4-23-7-11-27(28(19-23)42-21-30(38)34-31(22(2)3)32(39)40)36-16-14-35(15-17-36)13-5-6-18-41-25-10-8-24-9-12-29(37)33-26(24)20-25/h7-8,10-11,19-20,22,31H,4-6,9,12-18,21H2,1-3H3,(H,33,37)(H,34,38)(H,39,40). The van der Waals surface area contributed by atoms with Gasteiger partial charge in [-0.15, -0.1) is 0 Å². The summed E-state index contributed by atoms with van der Waals surface area (Å²) in [7, 11) is 0. The lowest BCUT2D eigenvalue weighted by Crippen LogP contribution is -2.47. The number of fused-ring (bicyclic) bond motifs is 1. The number of carboxylic acids is 1. The number of nitrogens with zero attached hydrogens (tertiary/aromatic N) is 2. The molecule has 2 aliphatic heterocycles. The van der Waals surface area contributed by atoms with Crippen molar-refractivity contribution < 1.29 is 29.0 Å². The second kappa shape index (κ2) is 14.9. The summed E-state index contributed by atoms with van der Waals surface area (Å²) < 4.78 is 11.9. The molecule has 0 aromatic heterocycles. The van der Waals surface area contributed by atoms with Crippen molar-refractivity contribution in [3.8, 4) is 11.5 Å². The van der Waals surface area contributed by atoms with E-state index < -0.39 is 17.9 Å². The van der Waals surface area contributed by atoms with Crippen LogP contribution >= 0.6 is 0 Å². The van der Waals surface area contributed by atoms with Crippen LogP contribution in [0.3, 0.4) is 0 Å². The number of amides is 2. The van der Waals surface area contributed by atoms with E-state index in [-0.39, 0.29) is 18.4 Å². The van der Waals surface area contributed by atoms with Gasteiger partial charge in [0.1, 0.15) is 17.5 Å². The Labute approximate surface area is 248 Å². The van der Waals surface area contributed by atoms with E-state index >= 15 is 0 Å². The number of ether oxygens (including phenoxy) is 2. The fourth-order valence-corrected chi connectivity index (χ4v) is 5.31. The minimum atomic E-state index is -1.05. The number of carbonyl (C=O) groups excluding carboxylic acids is 2. The third-order valence-corrected chi connectivity index (χ3v) is 7.87. The molecule has 0 radical (unpaired) electrons. The summed E-state index contributed by atoms with van der Waals surface area (Å²) in [5.74, 6) is -0.237. The lowest BCUT2D eigenvalue weighted by Gasteiger charge is -2.36. The molecule has 1 saturated heterocycles. The first-order valence-electron chi connectivity index (χ1n) is 15.0. The van der Waals surface area contributed by atoms with Gasteiger partial charge in [0.05, 0.1) is 12.3 Å². The van der Waals surface area contributed by atoms with E-state index in [4.69, 9.17) is 9.47 Å². The van der Waals surface area contributed by atoms with Crippen LogP contribution < -0.4 is 25.0 Å². The summed E-state index contributed by atoms with van der Waals surface area (Å²) in [6.45, 7) is 10.5. The number of aryl methyl sites for hydroxylation is 2. The highest BCUT2D eigenvalue weighted by molar-refractivity contribution is 5.94. The molecule has 10 heteroatoms. The van der Waals surface area contributed by atoms with Gasteiger partial charge in [0, 0.05) is 44.4 Å². The molecule has 1 unspecified atom stereocenters. The second-order valence-electron chi connectivity index (χ2n) is 11.3. The van der Waals surface area contributed by atoms with Crippen molar-refractivity contribution in [1.82, 2.24) is 10.2 Å².